The second kappa shape index (κ2) is 8.71. The fourth-order valence-electron chi connectivity index (χ4n) is 2.36. The van der Waals surface area contributed by atoms with Gasteiger partial charge in [0.25, 0.3) is 0 Å². The smallest absolute Gasteiger partial charge is 0.233 e. The SMILES string of the molecule is N#CCN(Cc1ccccc1)C(=O)CSC1CCNCC1. The number of nitrogens with zero attached hydrogens (tertiary/aromatic N) is 2. The Bertz CT molecular complexity index is 480. The minimum Gasteiger partial charge on any atom is -0.324 e. The first kappa shape index (κ1) is 15.9. The van der Waals surface area contributed by atoms with E-state index in [2.05, 4.69) is 11.4 Å². The van der Waals surface area contributed by atoms with Crippen LogP contribution in [0.2, 0.25) is 0 Å². The lowest BCUT2D eigenvalue weighted by atomic mass is 10.2. The molecule has 0 unspecified atom stereocenters. The van der Waals surface area contributed by atoms with Crippen LogP contribution in [0, 0.1) is 11.3 Å². The average molecular weight is 303 g/mol. The highest BCUT2D eigenvalue weighted by Crippen LogP contribution is 2.20. The number of nitriles is 1. The van der Waals surface area contributed by atoms with Crippen LogP contribution in [0.1, 0.15) is 18.4 Å². The molecule has 1 aromatic carbocycles. The van der Waals surface area contributed by atoms with Crippen LogP contribution in [-0.2, 0) is 11.3 Å². The Morgan fingerprint density at radius 3 is 2.71 bits per heavy atom. The van der Waals surface area contributed by atoms with E-state index < -0.39 is 0 Å². The Morgan fingerprint density at radius 1 is 1.33 bits per heavy atom. The van der Waals surface area contributed by atoms with Crippen molar-refractivity contribution in [3.63, 3.8) is 0 Å². The lowest BCUT2D eigenvalue weighted by molar-refractivity contribution is -0.128. The first-order chi connectivity index (χ1) is 10.3. The zero-order valence-electron chi connectivity index (χ0n) is 12.1. The Morgan fingerprint density at radius 2 is 2.05 bits per heavy atom. The Labute approximate surface area is 130 Å². The Kier molecular flexibility index (Phi) is 6.58. The van der Waals surface area contributed by atoms with Crippen LogP contribution < -0.4 is 5.32 Å². The number of carbonyl (C=O) groups excluding carboxylic acids is 1. The molecule has 112 valence electrons. The van der Waals surface area contributed by atoms with Crippen LogP contribution in [0.15, 0.2) is 30.3 Å². The third-order valence-corrected chi connectivity index (χ3v) is 4.92. The third kappa shape index (κ3) is 5.41. The number of hydrogen-bond acceptors (Lipinski definition) is 4. The van der Waals surface area contributed by atoms with Crippen molar-refractivity contribution in [2.24, 2.45) is 0 Å². The molecular formula is C16H21N3OS. The van der Waals surface area contributed by atoms with Crippen LogP contribution in [-0.4, -0.2) is 41.4 Å². The number of piperidine rings is 1. The van der Waals surface area contributed by atoms with Gasteiger partial charge in [0, 0.05) is 11.8 Å². The zero-order chi connectivity index (χ0) is 14.9. The quantitative estimate of drug-likeness (QED) is 0.817. The molecule has 4 nitrogen and oxygen atoms in total. The number of nitrogens with one attached hydrogen (secondary N) is 1. The van der Waals surface area contributed by atoms with Gasteiger partial charge in [-0.3, -0.25) is 4.79 Å². The average Bonchev–Trinajstić information content (AvgIpc) is 2.54. The normalized spacial score (nSPS) is 15.4. The summed E-state index contributed by atoms with van der Waals surface area (Å²) in [4.78, 5) is 14.0. The number of benzene rings is 1. The second-order valence-electron chi connectivity index (χ2n) is 5.15. The van der Waals surface area contributed by atoms with E-state index in [1.165, 1.54) is 0 Å². The molecule has 0 radical (unpaired) electrons. The maximum Gasteiger partial charge on any atom is 0.233 e. The lowest BCUT2D eigenvalue weighted by Crippen LogP contribution is -2.34. The highest BCUT2D eigenvalue weighted by atomic mass is 32.2. The Hall–Kier alpha value is -1.51. The molecule has 0 aromatic heterocycles. The summed E-state index contributed by atoms with van der Waals surface area (Å²) in [5.74, 6) is 0.531. The van der Waals surface area contributed by atoms with Crippen molar-refractivity contribution in [2.45, 2.75) is 24.6 Å². The molecule has 1 aliphatic heterocycles. The standard InChI is InChI=1S/C16H21N3OS/c17-8-11-19(12-14-4-2-1-3-5-14)16(20)13-21-15-6-9-18-10-7-15/h1-5,15,18H,6-7,9-13H2. The van der Waals surface area contributed by atoms with Crippen molar-refractivity contribution in [1.82, 2.24) is 10.2 Å². The molecule has 0 spiro atoms. The molecule has 1 N–H and O–H groups in total. The maximum atomic E-state index is 12.3. The molecule has 0 bridgehead atoms. The van der Waals surface area contributed by atoms with Gasteiger partial charge in [0.1, 0.15) is 6.54 Å². The monoisotopic (exact) mass is 303 g/mol. The summed E-state index contributed by atoms with van der Waals surface area (Å²) in [6.07, 6.45) is 2.24. The topological polar surface area (TPSA) is 56.1 Å². The van der Waals surface area contributed by atoms with E-state index in [-0.39, 0.29) is 12.5 Å². The highest BCUT2D eigenvalue weighted by molar-refractivity contribution is 8.00. The summed E-state index contributed by atoms with van der Waals surface area (Å²) >= 11 is 1.73. The van der Waals surface area contributed by atoms with Crippen molar-refractivity contribution in [2.75, 3.05) is 25.4 Å². The molecule has 21 heavy (non-hydrogen) atoms. The Balaban J connectivity index is 1.85. The van der Waals surface area contributed by atoms with Crippen molar-refractivity contribution in [3.8, 4) is 6.07 Å². The van der Waals surface area contributed by atoms with E-state index in [1.54, 1.807) is 16.7 Å². The number of rotatable bonds is 6. The van der Waals surface area contributed by atoms with Crippen molar-refractivity contribution in [3.05, 3.63) is 35.9 Å². The molecule has 5 heteroatoms. The fourth-order valence-corrected chi connectivity index (χ4v) is 3.49. The molecule has 0 atom stereocenters. The van der Waals surface area contributed by atoms with Gasteiger partial charge < -0.3 is 10.2 Å². The number of hydrogen-bond donors (Lipinski definition) is 1. The zero-order valence-corrected chi connectivity index (χ0v) is 12.9. The van der Waals surface area contributed by atoms with E-state index in [9.17, 15) is 4.79 Å². The molecular weight excluding hydrogens is 282 g/mol. The van der Waals surface area contributed by atoms with Crippen molar-refractivity contribution < 1.29 is 4.79 Å². The molecule has 1 amide bonds. The van der Waals surface area contributed by atoms with E-state index in [0.29, 0.717) is 17.5 Å². The van der Waals surface area contributed by atoms with Gasteiger partial charge in [-0.15, -0.1) is 11.8 Å². The largest absolute Gasteiger partial charge is 0.324 e. The summed E-state index contributed by atoms with van der Waals surface area (Å²) in [6.45, 7) is 2.75. The van der Waals surface area contributed by atoms with Crippen LogP contribution in [0.5, 0.6) is 0 Å². The maximum absolute atomic E-state index is 12.3. The summed E-state index contributed by atoms with van der Waals surface area (Å²) in [5.41, 5.74) is 1.06. The van der Waals surface area contributed by atoms with Gasteiger partial charge in [0.15, 0.2) is 0 Å². The van der Waals surface area contributed by atoms with Gasteiger partial charge in [-0.25, -0.2) is 0 Å². The summed E-state index contributed by atoms with van der Waals surface area (Å²) in [7, 11) is 0. The lowest BCUT2D eigenvalue weighted by Gasteiger charge is -2.24. The third-order valence-electron chi connectivity index (χ3n) is 3.56. The molecule has 0 aliphatic carbocycles. The van der Waals surface area contributed by atoms with Gasteiger partial charge in [-0.05, 0) is 31.5 Å². The minimum atomic E-state index is 0.0592. The molecule has 0 saturated carbocycles. The molecule has 1 aromatic rings. The van der Waals surface area contributed by atoms with Crippen LogP contribution in [0.4, 0.5) is 0 Å². The van der Waals surface area contributed by atoms with Crippen LogP contribution >= 0.6 is 11.8 Å². The number of thioether (sulfide) groups is 1. The molecule has 1 aliphatic rings. The fraction of sp³-hybridized carbons (Fsp3) is 0.500. The van der Waals surface area contributed by atoms with Gasteiger partial charge in [-0.1, -0.05) is 30.3 Å². The number of carbonyl (C=O) groups is 1. The van der Waals surface area contributed by atoms with Gasteiger partial charge >= 0.3 is 0 Å². The second-order valence-corrected chi connectivity index (χ2v) is 6.44. The van der Waals surface area contributed by atoms with Crippen LogP contribution in [0.3, 0.4) is 0 Å². The van der Waals surface area contributed by atoms with E-state index >= 15 is 0 Å². The first-order valence-corrected chi connectivity index (χ1v) is 8.35. The predicted octanol–water partition coefficient (Wildman–Crippen LogP) is 2.02. The van der Waals surface area contributed by atoms with Crippen molar-refractivity contribution >= 4 is 17.7 Å². The minimum absolute atomic E-state index is 0.0592. The van der Waals surface area contributed by atoms with Crippen LogP contribution in [0.25, 0.3) is 0 Å². The highest BCUT2D eigenvalue weighted by Gasteiger charge is 2.18. The van der Waals surface area contributed by atoms with Gasteiger partial charge in [-0.2, -0.15) is 5.26 Å². The van der Waals surface area contributed by atoms with Gasteiger partial charge in [0.05, 0.1) is 11.8 Å². The van der Waals surface area contributed by atoms with Gasteiger partial charge in [0.2, 0.25) is 5.91 Å². The summed E-state index contributed by atoms with van der Waals surface area (Å²) in [6, 6.07) is 11.9. The van der Waals surface area contributed by atoms with E-state index in [4.69, 9.17) is 5.26 Å². The number of amides is 1. The van der Waals surface area contributed by atoms with Crippen molar-refractivity contribution in [1.29, 1.82) is 5.26 Å². The summed E-state index contributed by atoms with van der Waals surface area (Å²) < 4.78 is 0. The first-order valence-electron chi connectivity index (χ1n) is 7.30. The predicted molar refractivity (Wildman–Crippen MR) is 85.8 cm³/mol. The molecule has 1 fully saturated rings. The summed E-state index contributed by atoms with van der Waals surface area (Å²) in [5, 5.41) is 12.8. The molecule has 2 rings (SSSR count). The molecule has 1 saturated heterocycles. The van der Waals surface area contributed by atoms with E-state index in [0.717, 1.165) is 31.5 Å². The molecule has 1 heterocycles. The van der Waals surface area contributed by atoms with E-state index in [1.807, 2.05) is 30.3 Å².